The Kier molecular flexibility index (Phi) is 3.74. The third kappa shape index (κ3) is 3.19. The molecule has 3 aromatic rings. The summed E-state index contributed by atoms with van der Waals surface area (Å²) in [6.45, 7) is 3.38. The molecule has 6 nitrogen and oxygen atoms in total. The van der Waals surface area contributed by atoms with E-state index < -0.39 is 0 Å². The Labute approximate surface area is 141 Å². The molecule has 3 heterocycles. The van der Waals surface area contributed by atoms with Crippen LogP contribution in [0.2, 0.25) is 0 Å². The zero-order chi connectivity index (χ0) is 16.0. The van der Waals surface area contributed by atoms with Gasteiger partial charge < -0.3 is 0 Å². The topological polar surface area (TPSA) is 63.4 Å². The maximum atomic E-state index is 12.2. The van der Waals surface area contributed by atoms with Gasteiger partial charge in [0.15, 0.2) is 0 Å². The summed E-state index contributed by atoms with van der Waals surface area (Å²) in [5.41, 5.74) is 1.75. The van der Waals surface area contributed by atoms with Gasteiger partial charge in [-0.05, 0) is 26.8 Å². The summed E-state index contributed by atoms with van der Waals surface area (Å²) in [5, 5.41) is 8.58. The molecule has 23 heavy (non-hydrogen) atoms. The van der Waals surface area contributed by atoms with Crippen molar-refractivity contribution in [3.8, 4) is 0 Å². The largest absolute Gasteiger partial charge is 0.294 e. The van der Waals surface area contributed by atoms with Crippen molar-refractivity contribution in [1.82, 2.24) is 24.5 Å². The first-order chi connectivity index (χ1) is 11.1. The highest BCUT2D eigenvalue weighted by molar-refractivity contribution is 7.16. The first-order valence-corrected chi connectivity index (χ1v) is 9.27. The van der Waals surface area contributed by atoms with Crippen LogP contribution in [-0.4, -0.2) is 31.5 Å². The van der Waals surface area contributed by atoms with E-state index in [2.05, 4.69) is 25.3 Å². The summed E-state index contributed by atoms with van der Waals surface area (Å²) in [4.78, 5) is 24.1. The summed E-state index contributed by atoms with van der Waals surface area (Å²) < 4.78 is 1.44. The van der Waals surface area contributed by atoms with Crippen molar-refractivity contribution in [1.29, 1.82) is 0 Å². The van der Waals surface area contributed by atoms with Gasteiger partial charge in [-0.25, -0.2) is 9.97 Å². The van der Waals surface area contributed by atoms with Crippen molar-refractivity contribution in [2.75, 3.05) is 7.05 Å². The van der Waals surface area contributed by atoms with Crippen molar-refractivity contribution in [2.24, 2.45) is 0 Å². The molecule has 8 heteroatoms. The Hall–Kier alpha value is -1.64. The molecular weight excluding hydrogens is 330 g/mol. The second-order valence-electron chi connectivity index (χ2n) is 6.05. The third-order valence-corrected chi connectivity index (χ3v) is 5.77. The highest BCUT2D eigenvalue weighted by Crippen LogP contribution is 2.41. The summed E-state index contributed by atoms with van der Waals surface area (Å²) >= 11 is 3.20. The molecule has 1 aliphatic rings. The number of hydrogen-bond acceptors (Lipinski definition) is 7. The van der Waals surface area contributed by atoms with Crippen LogP contribution >= 0.6 is 22.7 Å². The number of aromatic nitrogens is 4. The van der Waals surface area contributed by atoms with Gasteiger partial charge in [-0.2, -0.15) is 9.61 Å². The van der Waals surface area contributed by atoms with Gasteiger partial charge in [-0.15, -0.1) is 11.3 Å². The molecular formula is C15H17N5OS2. The molecule has 0 saturated heterocycles. The van der Waals surface area contributed by atoms with Gasteiger partial charge >= 0.3 is 0 Å². The number of nitrogens with zero attached hydrogens (tertiary/aromatic N) is 5. The lowest BCUT2D eigenvalue weighted by Crippen LogP contribution is -2.21. The van der Waals surface area contributed by atoms with E-state index in [4.69, 9.17) is 0 Å². The predicted octanol–water partition coefficient (Wildman–Crippen LogP) is 2.43. The zero-order valence-electron chi connectivity index (χ0n) is 13.0. The zero-order valence-corrected chi connectivity index (χ0v) is 14.7. The average Bonchev–Trinajstić information content (AvgIpc) is 3.12. The van der Waals surface area contributed by atoms with Crippen LogP contribution in [0.1, 0.15) is 40.2 Å². The van der Waals surface area contributed by atoms with Crippen molar-refractivity contribution >= 4 is 27.6 Å². The molecule has 0 radical (unpaired) electrons. The van der Waals surface area contributed by atoms with Gasteiger partial charge in [0.25, 0.3) is 5.56 Å². The Balaban J connectivity index is 1.54. The van der Waals surface area contributed by atoms with Crippen LogP contribution in [0.25, 0.3) is 4.96 Å². The summed E-state index contributed by atoms with van der Waals surface area (Å²) in [6, 6.07) is 1.59. The fraction of sp³-hybridized carbons (Fsp3) is 0.467. The SMILES string of the molecule is Cc1csc(CN(C)Cc2cc(=O)n3nc(C4CC4)sc3n2)n1. The number of fused-ring (bicyclic) bond motifs is 1. The van der Waals surface area contributed by atoms with Gasteiger partial charge in [0.05, 0.1) is 12.2 Å². The lowest BCUT2D eigenvalue weighted by Gasteiger charge is -2.14. The molecule has 0 aliphatic heterocycles. The van der Waals surface area contributed by atoms with Crippen LogP contribution in [0.15, 0.2) is 16.2 Å². The molecule has 0 amide bonds. The van der Waals surface area contributed by atoms with Crippen LogP contribution in [-0.2, 0) is 13.1 Å². The molecule has 0 bridgehead atoms. The van der Waals surface area contributed by atoms with E-state index >= 15 is 0 Å². The van der Waals surface area contributed by atoms with Crippen LogP contribution in [0.3, 0.4) is 0 Å². The highest BCUT2D eigenvalue weighted by Gasteiger charge is 2.28. The molecule has 0 aromatic carbocycles. The molecule has 3 aromatic heterocycles. The van der Waals surface area contributed by atoms with Gasteiger partial charge in [0.1, 0.15) is 10.0 Å². The summed E-state index contributed by atoms with van der Waals surface area (Å²) in [6.07, 6.45) is 2.36. The molecule has 1 fully saturated rings. The van der Waals surface area contributed by atoms with E-state index in [9.17, 15) is 4.79 Å². The van der Waals surface area contributed by atoms with Gasteiger partial charge in [-0.1, -0.05) is 11.3 Å². The summed E-state index contributed by atoms with van der Waals surface area (Å²) in [5.74, 6) is 0.542. The molecule has 0 unspecified atom stereocenters. The minimum absolute atomic E-state index is 0.0911. The maximum Gasteiger partial charge on any atom is 0.275 e. The second kappa shape index (κ2) is 5.77. The van der Waals surface area contributed by atoms with E-state index in [1.165, 1.54) is 17.4 Å². The maximum absolute atomic E-state index is 12.2. The molecule has 4 rings (SSSR count). The Morgan fingerprint density at radius 2 is 2.17 bits per heavy atom. The van der Waals surface area contributed by atoms with Crippen LogP contribution in [0, 0.1) is 6.92 Å². The van der Waals surface area contributed by atoms with Crippen LogP contribution < -0.4 is 5.56 Å². The van der Waals surface area contributed by atoms with Crippen molar-refractivity contribution in [2.45, 2.75) is 38.8 Å². The Morgan fingerprint density at radius 1 is 1.35 bits per heavy atom. The Morgan fingerprint density at radius 3 is 2.87 bits per heavy atom. The minimum Gasteiger partial charge on any atom is -0.294 e. The monoisotopic (exact) mass is 347 g/mol. The smallest absolute Gasteiger partial charge is 0.275 e. The highest BCUT2D eigenvalue weighted by atomic mass is 32.1. The number of hydrogen-bond donors (Lipinski definition) is 0. The lowest BCUT2D eigenvalue weighted by atomic mass is 10.3. The molecule has 1 saturated carbocycles. The van der Waals surface area contributed by atoms with E-state index in [0.29, 0.717) is 17.4 Å². The van der Waals surface area contributed by atoms with E-state index in [1.807, 2.05) is 14.0 Å². The fourth-order valence-electron chi connectivity index (χ4n) is 2.49. The fourth-order valence-corrected chi connectivity index (χ4v) is 4.43. The minimum atomic E-state index is -0.0911. The van der Waals surface area contributed by atoms with Gasteiger partial charge in [0, 0.05) is 29.6 Å². The lowest BCUT2D eigenvalue weighted by molar-refractivity contribution is 0.314. The molecule has 120 valence electrons. The van der Waals surface area contributed by atoms with Crippen LogP contribution in [0.5, 0.6) is 0 Å². The number of thiazole rings is 1. The second-order valence-corrected chi connectivity index (χ2v) is 7.98. The average molecular weight is 347 g/mol. The van der Waals surface area contributed by atoms with E-state index in [1.54, 1.807) is 28.7 Å². The van der Waals surface area contributed by atoms with Crippen LogP contribution in [0.4, 0.5) is 0 Å². The van der Waals surface area contributed by atoms with Gasteiger partial charge in [0.2, 0.25) is 4.96 Å². The van der Waals surface area contributed by atoms with E-state index in [-0.39, 0.29) is 5.56 Å². The first kappa shape index (κ1) is 14.9. The van der Waals surface area contributed by atoms with E-state index in [0.717, 1.165) is 27.9 Å². The number of rotatable bonds is 5. The van der Waals surface area contributed by atoms with Crippen molar-refractivity contribution in [3.63, 3.8) is 0 Å². The summed E-state index contributed by atoms with van der Waals surface area (Å²) in [7, 11) is 2.02. The van der Waals surface area contributed by atoms with Crippen molar-refractivity contribution < 1.29 is 0 Å². The van der Waals surface area contributed by atoms with Gasteiger partial charge in [-0.3, -0.25) is 9.69 Å². The first-order valence-electron chi connectivity index (χ1n) is 7.58. The molecule has 0 atom stereocenters. The number of aryl methyl sites for hydroxylation is 1. The predicted molar refractivity (Wildman–Crippen MR) is 91.1 cm³/mol. The standard InChI is InChI=1S/C15H17N5OS2/c1-9-8-22-12(16-9)7-19(2)6-11-5-13(21)20-15(17-11)23-14(18-20)10-3-4-10/h5,8,10H,3-4,6-7H2,1-2H3. The van der Waals surface area contributed by atoms with Crippen molar-refractivity contribution in [3.05, 3.63) is 43.2 Å². The molecule has 0 N–H and O–H groups in total. The molecule has 1 aliphatic carbocycles. The Bertz CT molecular complexity index is 908. The molecule has 0 spiro atoms. The quantitative estimate of drug-likeness (QED) is 0.709. The third-order valence-electron chi connectivity index (χ3n) is 3.74. The normalized spacial score (nSPS) is 14.9.